The van der Waals surface area contributed by atoms with Crippen molar-refractivity contribution in [1.82, 2.24) is 9.88 Å². The summed E-state index contributed by atoms with van der Waals surface area (Å²) in [7, 11) is 1.42. The number of methoxy groups -OCH3 is 1. The van der Waals surface area contributed by atoms with E-state index in [4.69, 9.17) is 4.74 Å². The highest BCUT2D eigenvalue weighted by molar-refractivity contribution is 5.99. The summed E-state index contributed by atoms with van der Waals surface area (Å²) in [6, 6.07) is 6.01. The summed E-state index contributed by atoms with van der Waals surface area (Å²) in [6.07, 6.45) is 4.75. The number of rotatable bonds is 2. The first kappa shape index (κ1) is 17.1. The smallest absolute Gasteiger partial charge is 0.308 e. The van der Waals surface area contributed by atoms with E-state index in [0.717, 1.165) is 23.9 Å². The molecule has 2 heterocycles. The summed E-state index contributed by atoms with van der Waals surface area (Å²) < 4.78 is 4.82. The summed E-state index contributed by atoms with van der Waals surface area (Å²) in [4.78, 5) is 30.0. The van der Waals surface area contributed by atoms with Gasteiger partial charge in [0.1, 0.15) is 0 Å². The Bertz CT molecular complexity index is 846. The Morgan fingerprint density at radius 1 is 1.19 bits per heavy atom. The van der Waals surface area contributed by atoms with Gasteiger partial charge in [0.15, 0.2) is 0 Å². The predicted molar refractivity (Wildman–Crippen MR) is 100 cm³/mol. The number of aromatic amines is 1. The number of hydrogen-bond donors (Lipinski definition) is 1. The lowest BCUT2D eigenvalue weighted by atomic mass is 9.87. The molecule has 1 amide bonds. The first-order valence-electron chi connectivity index (χ1n) is 9.57. The Kier molecular flexibility index (Phi) is 4.47. The van der Waals surface area contributed by atoms with Gasteiger partial charge in [-0.1, -0.05) is 6.92 Å². The first-order chi connectivity index (χ1) is 12.6. The van der Waals surface area contributed by atoms with Crippen LogP contribution >= 0.6 is 0 Å². The van der Waals surface area contributed by atoms with E-state index >= 15 is 0 Å². The standard InChI is InChI=1S/C21H26N2O3/c1-13-3-5-18-16(11-13)17-12-15(4-6-19(17)22-18)20(24)23-9-7-14(8-10-23)21(25)26-2/h4,6,12-14,22H,3,5,7-11H2,1-2H3. The van der Waals surface area contributed by atoms with Crippen LogP contribution in [0.3, 0.4) is 0 Å². The molecule has 26 heavy (non-hydrogen) atoms. The lowest BCUT2D eigenvalue weighted by Gasteiger charge is -2.30. The summed E-state index contributed by atoms with van der Waals surface area (Å²) in [5.74, 6) is 0.517. The van der Waals surface area contributed by atoms with Gasteiger partial charge in [-0.15, -0.1) is 0 Å². The van der Waals surface area contributed by atoms with Crippen molar-refractivity contribution in [1.29, 1.82) is 0 Å². The van der Waals surface area contributed by atoms with Crippen molar-refractivity contribution in [2.24, 2.45) is 11.8 Å². The summed E-state index contributed by atoms with van der Waals surface area (Å²) in [5.41, 5.74) is 4.60. The van der Waals surface area contributed by atoms with Gasteiger partial charge in [-0.3, -0.25) is 9.59 Å². The number of fused-ring (bicyclic) bond motifs is 3. The number of hydrogen-bond acceptors (Lipinski definition) is 3. The predicted octanol–water partition coefficient (Wildman–Crippen LogP) is 3.32. The average molecular weight is 354 g/mol. The monoisotopic (exact) mass is 354 g/mol. The largest absolute Gasteiger partial charge is 0.469 e. The molecule has 0 bridgehead atoms. The fraction of sp³-hybridized carbons (Fsp3) is 0.524. The van der Waals surface area contributed by atoms with Gasteiger partial charge in [0.05, 0.1) is 13.0 Å². The second-order valence-electron chi connectivity index (χ2n) is 7.78. The highest BCUT2D eigenvalue weighted by atomic mass is 16.5. The number of esters is 1. The molecule has 1 aromatic carbocycles. The lowest BCUT2D eigenvalue weighted by Crippen LogP contribution is -2.40. The molecule has 0 spiro atoms. The number of carbonyl (C=O) groups excluding carboxylic acids is 2. The molecule has 5 heteroatoms. The lowest BCUT2D eigenvalue weighted by molar-refractivity contribution is -0.146. The van der Waals surface area contributed by atoms with E-state index in [0.29, 0.717) is 31.8 Å². The van der Waals surface area contributed by atoms with Crippen LogP contribution in [0.25, 0.3) is 10.9 Å². The van der Waals surface area contributed by atoms with Gasteiger partial charge in [0.2, 0.25) is 0 Å². The third kappa shape index (κ3) is 3.00. The molecule has 1 fully saturated rings. The van der Waals surface area contributed by atoms with Gasteiger partial charge < -0.3 is 14.6 Å². The number of piperidine rings is 1. The minimum atomic E-state index is -0.161. The quantitative estimate of drug-likeness (QED) is 0.842. The normalized spacial score (nSPS) is 20.8. The highest BCUT2D eigenvalue weighted by Crippen LogP contribution is 2.32. The third-order valence-electron chi connectivity index (χ3n) is 6.00. The maximum absolute atomic E-state index is 12.9. The second-order valence-corrected chi connectivity index (χ2v) is 7.78. The number of benzene rings is 1. The van der Waals surface area contributed by atoms with Crippen molar-refractivity contribution < 1.29 is 14.3 Å². The maximum atomic E-state index is 12.9. The molecule has 2 aliphatic rings. The molecule has 1 unspecified atom stereocenters. The molecule has 5 nitrogen and oxygen atoms in total. The number of H-pyrrole nitrogens is 1. The molecule has 1 atom stereocenters. The Labute approximate surface area is 153 Å². The number of nitrogens with one attached hydrogen (secondary N) is 1. The number of aromatic nitrogens is 1. The first-order valence-corrected chi connectivity index (χ1v) is 9.57. The van der Waals surface area contributed by atoms with Crippen molar-refractivity contribution >= 4 is 22.8 Å². The maximum Gasteiger partial charge on any atom is 0.308 e. The van der Waals surface area contributed by atoms with Crippen LogP contribution in [0, 0.1) is 11.8 Å². The van der Waals surface area contributed by atoms with Crippen molar-refractivity contribution in [2.45, 2.75) is 39.0 Å². The molecule has 4 rings (SSSR count). The highest BCUT2D eigenvalue weighted by Gasteiger charge is 2.29. The average Bonchev–Trinajstić information content (AvgIpc) is 3.04. The number of carbonyl (C=O) groups is 2. The van der Waals surface area contributed by atoms with Gasteiger partial charge in [-0.25, -0.2) is 0 Å². The van der Waals surface area contributed by atoms with E-state index in [1.165, 1.54) is 30.2 Å². The zero-order chi connectivity index (χ0) is 18.3. The molecule has 0 saturated carbocycles. The van der Waals surface area contributed by atoms with Crippen LogP contribution in [0.5, 0.6) is 0 Å². The zero-order valence-electron chi connectivity index (χ0n) is 15.5. The third-order valence-corrected chi connectivity index (χ3v) is 6.00. The molecule has 1 saturated heterocycles. The van der Waals surface area contributed by atoms with Crippen LogP contribution in [0.15, 0.2) is 18.2 Å². The Morgan fingerprint density at radius 2 is 1.96 bits per heavy atom. The van der Waals surface area contributed by atoms with Gasteiger partial charge in [-0.2, -0.15) is 0 Å². The van der Waals surface area contributed by atoms with Crippen molar-refractivity contribution in [3.8, 4) is 0 Å². The zero-order valence-corrected chi connectivity index (χ0v) is 15.5. The number of amides is 1. The molecular formula is C21H26N2O3. The van der Waals surface area contributed by atoms with Crippen LogP contribution in [-0.2, 0) is 22.4 Å². The Hall–Kier alpha value is -2.30. The van der Waals surface area contributed by atoms with E-state index in [2.05, 4.69) is 18.0 Å². The Balaban J connectivity index is 1.54. The minimum absolute atomic E-state index is 0.0639. The van der Waals surface area contributed by atoms with Gasteiger partial charge in [0, 0.05) is 35.2 Å². The van der Waals surface area contributed by atoms with Crippen LogP contribution in [0.4, 0.5) is 0 Å². The second kappa shape index (κ2) is 6.78. The van der Waals surface area contributed by atoms with Crippen molar-refractivity contribution in [3.05, 3.63) is 35.0 Å². The van der Waals surface area contributed by atoms with Crippen LogP contribution in [0.2, 0.25) is 0 Å². The molecule has 0 radical (unpaired) electrons. The van der Waals surface area contributed by atoms with Gasteiger partial charge >= 0.3 is 5.97 Å². The molecule has 138 valence electrons. The van der Waals surface area contributed by atoms with E-state index in [9.17, 15) is 9.59 Å². The SMILES string of the molecule is COC(=O)C1CCN(C(=O)c2ccc3[nH]c4c(c3c2)CC(C)CC4)CC1. The molecular weight excluding hydrogens is 328 g/mol. The van der Waals surface area contributed by atoms with Crippen LogP contribution < -0.4 is 0 Å². The fourth-order valence-corrected chi connectivity index (χ4v) is 4.39. The van der Waals surface area contributed by atoms with E-state index in [-0.39, 0.29) is 17.8 Å². The van der Waals surface area contributed by atoms with Crippen molar-refractivity contribution in [2.75, 3.05) is 20.2 Å². The minimum Gasteiger partial charge on any atom is -0.469 e. The van der Waals surface area contributed by atoms with E-state index in [1.807, 2.05) is 17.0 Å². The van der Waals surface area contributed by atoms with E-state index in [1.54, 1.807) is 0 Å². The Morgan fingerprint density at radius 3 is 2.69 bits per heavy atom. The van der Waals surface area contributed by atoms with Gasteiger partial charge in [-0.05, 0) is 61.8 Å². The summed E-state index contributed by atoms with van der Waals surface area (Å²) >= 11 is 0. The molecule has 1 aromatic heterocycles. The summed E-state index contributed by atoms with van der Waals surface area (Å²) in [6.45, 7) is 3.51. The number of ether oxygens (including phenoxy) is 1. The molecule has 2 aromatic rings. The molecule has 1 N–H and O–H groups in total. The number of likely N-dealkylation sites (tertiary alicyclic amines) is 1. The van der Waals surface area contributed by atoms with E-state index < -0.39 is 0 Å². The molecule has 1 aliphatic carbocycles. The number of nitrogens with zero attached hydrogens (tertiary/aromatic N) is 1. The van der Waals surface area contributed by atoms with Crippen LogP contribution in [0.1, 0.15) is 47.8 Å². The van der Waals surface area contributed by atoms with Crippen LogP contribution in [-0.4, -0.2) is 42.0 Å². The molecule has 1 aliphatic heterocycles. The number of aryl methyl sites for hydroxylation is 1. The summed E-state index contributed by atoms with van der Waals surface area (Å²) in [5, 5.41) is 1.20. The topological polar surface area (TPSA) is 62.4 Å². The fourth-order valence-electron chi connectivity index (χ4n) is 4.39. The van der Waals surface area contributed by atoms with Gasteiger partial charge in [0.25, 0.3) is 5.91 Å². The van der Waals surface area contributed by atoms with Crippen molar-refractivity contribution in [3.63, 3.8) is 0 Å².